The molecule has 0 atom stereocenters. The first-order chi connectivity index (χ1) is 13.1. The molecular weight excluding hydrogens is 342 g/mol. The molecule has 0 saturated heterocycles. The van der Waals surface area contributed by atoms with Crippen molar-refractivity contribution in [2.24, 2.45) is 0 Å². The lowest BCUT2D eigenvalue weighted by atomic mass is 10.2. The first kappa shape index (κ1) is 20.3. The SMILES string of the molecule is CCOc1ccc(C(=O)NCC(=O)NCCCN(C)c2ccccc2)cc1. The van der Waals surface area contributed by atoms with Gasteiger partial charge >= 0.3 is 0 Å². The van der Waals surface area contributed by atoms with Gasteiger partial charge in [-0.15, -0.1) is 0 Å². The van der Waals surface area contributed by atoms with Crippen molar-refractivity contribution < 1.29 is 14.3 Å². The highest BCUT2D eigenvalue weighted by atomic mass is 16.5. The minimum Gasteiger partial charge on any atom is -0.494 e. The van der Waals surface area contributed by atoms with Gasteiger partial charge in [0.25, 0.3) is 5.91 Å². The molecular formula is C21H27N3O3. The van der Waals surface area contributed by atoms with Crippen molar-refractivity contribution >= 4 is 17.5 Å². The van der Waals surface area contributed by atoms with Crippen LogP contribution in [-0.2, 0) is 4.79 Å². The lowest BCUT2D eigenvalue weighted by molar-refractivity contribution is -0.120. The topological polar surface area (TPSA) is 70.7 Å². The molecule has 0 fully saturated rings. The molecule has 0 unspecified atom stereocenters. The minimum absolute atomic E-state index is 0.0411. The molecule has 6 heteroatoms. The summed E-state index contributed by atoms with van der Waals surface area (Å²) in [6, 6.07) is 16.9. The molecule has 0 radical (unpaired) electrons. The maximum Gasteiger partial charge on any atom is 0.251 e. The van der Waals surface area contributed by atoms with Crippen LogP contribution in [0, 0.1) is 0 Å². The van der Waals surface area contributed by atoms with Crippen molar-refractivity contribution in [1.82, 2.24) is 10.6 Å². The molecule has 0 heterocycles. The van der Waals surface area contributed by atoms with Gasteiger partial charge in [0.1, 0.15) is 5.75 Å². The van der Waals surface area contributed by atoms with Crippen LogP contribution in [0.25, 0.3) is 0 Å². The largest absolute Gasteiger partial charge is 0.494 e. The first-order valence-corrected chi connectivity index (χ1v) is 9.14. The maximum absolute atomic E-state index is 12.1. The summed E-state index contributed by atoms with van der Waals surface area (Å²) >= 11 is 0. The van der Waals surface area contributed by atoms with E-state index in [9.17, 15) is 9.59 Å². The second-order valence-electron chi connectivity index (χ2n) is 6.10. The Morgan fingerprint density at radius 2 is 1.70 bits per heavy atom. The number of nitrogens with one attached hydrogen (secondary N) is 2. The molecule has 0 aliphatic carbocycles. The van der Waals surface area contributed by atoms with E-state index in [1.54, 1.807) is 24.3 Å². The number of hydrogen-bond acceptors (Lipinski definition) is 4. The number of carbonyl (C=O) groups excluding carboxylic acids is 2. The minimum atomic E-state index is -0.281. The number of amides is 2. The van der Waals surface area contributed by atoms with Crippen LogP contribution in [0.2, 0.25) is 0 Å². The highest BCUT2D eigenvalue weighted by Crippen LogP contribution is 2.12. The zero-order valence-electron chi connectivity index (χ0n) is 15.9. The Bertz CT molecular complexity index is 717. The summed E-state index contributed by atoms with van der Waals surface area (Å²) in [7, 11) is 2.02. The Labute approximate surface area is 160 Å². The van der Waals surface area contributed by atoms with E-state index in [0.29, 0.717) is 24.5 Å². The molecule has 2 rings (SSSR count). The van der Waals surface area contributed by atoms with Gasteiger partial charge in [0.2, 0.25) is 5.91 Å². The van der Waals surface area contributed by atoms with Crippen molar-refractivity contribution in [2.75, 3.05) is 38.2 Å². The van der Waals surface area contributed by atoms with Crippen LogP contribution in [0.4, 0.5) is 5.69 Å². The Balaban J connectivity index is 1.63. The van der Waals surface area contributed by atoms with E-state index in [-0.39, 0.29) is 18.4 Å². The van der Waals surface area contributed by atoms with E-state index in [0.717, 1.165) is 18.7 Å². The molecule has 0 bridgehead atoms. The zero-order valence-corrected chi connectivity index (χ0v) is 15.9. The molecule has 0 aromatic heterocycles. The van der Waals surface area contributed by atoms with Gasteiger partial charge in [-0.2, -0.15) is 0 Å². The predicted molar refractivity (Wildman–Crippen MR) is 107 cm³/mol. The average molecular weight is 369 g/mol. The van der Waals surface area contributed by atoms with Crippen molar-refractivity contribution in [3.63, 3.8) is 0 Å². The highest BCUT2D eigenvalue weighted by Gasteiger charge is 2.08. The molecule has 0 spiro atoms. The number of anilines is 1. The van der Waals surface area contributed by atoms with Crippen LogP contribution in [0.3, 0.4) is 0 Å². The number of ether oxygens (including phenoxy) is 1. The number of hydrogen-bond donors (Lipinski definition) is 2. The van der Waals surface area contributed by atoms with Crippen LogP contribution in [0.15, 0.2) is 54.6 Å². The summed E-state index contributed by atoms with van der Waals surface area (Å²) in [6.07, 6.45) is 0.823. The molecule has 0 aliphatic heterocycles. The van der Waals surface area contributed by atoms with Gasteiger partial charge in [0.15, 0.2) is 0 Å². The number of nitrogens with zero attached hydrogens (tertiary/aromatic N) is 1. The first-order valence-electron chi connectivity index (χ1n) is 9.14. The molecule has 27 heavy (non-hydrogen) atoms. The van der Waals surface area contributed by atoms with Gasteiger partial charge in [-0.25, -0.2) is 0 Å². The third kappa shape index (κ3) is 7.01. The Hall–Kier alpha value is -3.02. The fourth-order valence-electron chi connectivity index (χ4n) is 2.55. The fraction of sp³-hybridized carbons (Fsp3) is 0.333. The van der Waals surface area contributed by atoms with Crippen LogP contribution < -0.4 is 20.3 Å². The van der Waals surface area contributed by atoms with E-state index in [1.165, 1.54) is 0 Å². The van der Waals surface area contributed by atoms with Gasteiger partial charge in [0.05, 0.1) is 13.2 Å². The van der Waals surface area contributed by atoms with E-state index in [4.69, 9.17) is 4.74 Å². The van der Waals surface area contributed by atoms with Crippen LogP contribution in [0.1, 0.15) is 23.7 Å². The molecule has 2 aromatic carbocycles. The van der Waals surface area contributed by atoms with Crippen molar-refractivity contribution in [2.45, 2.75) is 13.3 Å². The van der Waals surface area contributed by atoms with Crippen LogP contribution in [-0.4, -0.2) is 45.1 Å². The summed E-state index contributed by atoms with van der Waals surface area (Å²) in [4.78, 5) is 26.1. The molecule has 6 nitrogen and oxygen atoms in total. The molecule has 2 amide bonds. The average Bonchev–Trinajstić information content (AvgIpc) is 2.70. The van der Waals surface area contributed by atoms with Crippen LogP contribution in [0.5, 0.6) is 5.75 Å². The van der Waals surface area contributed by atoms with E-state index < -0.39 is 0 Å². The number of rotatable bonds is 10. The third-order valence-corrected chi connectivity index (χ3v) is 4.03. The summed E-state index contributed by atoms with van der Waals surface area (Å²) in [6.45, 7) is 3.84. The monoisotopic (exact) mass is 369 g/mol. The van der Waals surface area contributed by atoms with E-state index in [2.05, 4.69) is 27.7 Å². The smallest absolute Gasteiger partial charge is 0.251 e. The normalized spacial score (nSPS) is 10.1. The lowest BCUT2D eigenvalue weighted by Crippen LogP contribution is -2.37. The standard InChI is InChI=1S/C21H27N3O3/c1-3-27-19-12-10-17(11-13-19)21(26)23-16-20(25)22-14-7-15-24(2)18-8-5-4-6-9-18/h4-6,8-13H,3,7,14-16H2,1-2H3,(H,22,25)(H,23,26). The second kappa shape index (κ2) is 10.9. The van der Waals surface area contributed by atoms with Gasteiger partial charge in [-0.1, -0.05) is 18.2 Å². The number of carbonyl (C=O) groups is 2. The van der Waals surface area contributed by atoms with Gasteiger partial charge in [-0.05, 0) is 49.7 Å². The summed E-state index contributed by atoms with van der Waals surface area (Å²) in [5.74, 6) is 0.237. The van der Waals surface area contributed by atoms with Gasteiger partial charge in [0, 0.05) is 31.4 Å². The number of para-hydroxylation sites is 1. The van der Waals surface area contributed by atoms with Crippen LogP contribution >= 0.6 is 0 Å². The zero-order chi connectivity index (χ0) is 19.5. The molecule has 0 aliphatic rings. The van der Waals surface area contributed by atoms with Crippen molar-refractivity contribution in [1.29, 1.82) is 0 Å². The predicted octanol–water partition coefficient (Wildman–Crippen LogP) is 2.46. The molecule has 2 aromatic rings. The molecule has 144 valence electrons. The van der Waals surface area contributed by atoms with Crippen molar-refractivity contribution in [3.8, 4) is 5.75 Å². The fourth-order valence-corrected chi connectivity index (χ4v) is 2.55. The molecule has 2 N–H and O–H groups in total. The Morgan fingerprint density at radius 3 is 2.37 bits per heavy atom. The van der Waals surface area contributed by atoms with Gasteiger partial charge < -0.3 is 20.3 Å². The van der Waals surface area contributed by atoms with E-state index in [1.807, 2.05) is 32.2 Å². The highest BCUT2D eigenvalue weighted by molar-refractivity contribution is 5.96. The maximum atomic E-state index is 12.1. The third-order valence-electron chi connectivity index (χ3n) is 4.03. The van der Waals surface area contributed by atoms with Crippen molar-refractivity contribution in [3.05, 3.63) is 60.2 Å². The number of benzene rings is 2. The summed E-state index contributed by atoms with van der Waals surface area (Å²) < 4.78 is 5.34. The van der Waals surface area contributed by atoms with Gasteiger partial charge in [-0.3, -0.25) is 9.59 Å². The van der Waals surface area contributed by atoms with E-state index >= 15 is 0 Å². The second-order valence-corrected chi connectivity index (χ2v) is 6.10. The summed E-state index contributed by atoms with van der Waals surface area (Å²) in [5.41, 5.74) is 1.64. The Kier molecular flexibility index (Phi) is 8.16. The Morgan fingerprint density at radius 1 is 1.00 bits per heavy atom. The lowest BCUT2D eigenvalue weighted by Gasteiger charge is -2.19. The summed E-state index contributed by atoms with van der Waals surface area (Å²) in [5, 5.41) is 5.45. The quantitative estimate of drug-likeness (QED) is 0.631. The molecule has 0 saturated carbocycles.